The molecule has 0 aromatic heterocycles. The highest BCUT2D eigenvalue weighted by Crippen LogP contribution is 2.21. The van der Waals surface area contributed by atoms with Crippen molar-refractivity contribution in [2.24, 2.45) is 5.41 Å². The minimum absolute atomic E-state index is 0. The van der Waals surface area contributed by atoms with Gasteiger partial charge < -0.3 is 31.5 Å². The number of hydrogen-bond donors (Lipinski definition) is 0. The van der Waals surface area contributed by atoms with Gasteiger partial charge in [0.05, 0.1) is 18.6 Å². The van der Waals surface area contributed by atoms with Gasteiger partial charge in [-0.2, -0.15) is 0 Å². The summed E-state index contributed by atoms with van der Waals surface area (Å²) in [6.45, 7) is 11.3. The maximum Gasteiger partial charge on any atom is 0.311 e. The molecule has 1 heterocycles. The predicted molar refractivity (Wildman–Crippen MR) is 77.4 cm³/mol. The van der Waals surface area contributed by atoms with E-state index in [-0.39, 0.29) is 28.4 Å². The van der Waals surface area contributed by atoms with E-state index in [2.05, 4.69) is 29.1 Å². The fourth-order valence-electron chi connectivity index (χ4n) is 1.76. The Balaban J connectivity index is 0.00000361. The minimum atomic E-state index is -0.367. The van der Waals surface area contributed by atoms with Crippen LogP contribution in [0.4, 0.5) is 0 Å². The summed E-state index contributed by atoms with van der Waals surface area (Å²) in [4.78, 5) is 16.3. The Morgan fingerprint density at radius 1 is 1.20 bits per heavy atom. The van der Waals surface area contributed by atoms with Gasteiger partial charge in [-0.15, -0.1) is 0 Å². The van der Waals surface area contributed by atoms with E-state index in [1.165, 1.54) is 12.8 Å². The molecule has 0 atom stereocenters. The third-order valence-electron chi connectivity index (χ3n) is 3.70. The molecule has 0 aromatic carbocycles. The molecule has 20 heavy (non-hydrogen) atoms. The first-order valence-electron chi connectivity index (χ1n) is 7.33. The molecule has 0 N–H and O–H groups in total. The molecule has 0 spiro atoms. The van der Waals surface area contributed by atoms with E-state index in [4.69, 9.17) is 4.74 Å². The van der Waals surface area contributed by atoms with Gasteiger partial charge in [0.15, 0.2) is 0 Å². The third kappa shape index (κ3) is 6.16. The highest BCUT2D eigenvalue weighted by Gasteiger charge is 2.27. The number of ether oxygens (including phenoxy) is 1. The molecule has 4 nitrogen and oxygen atoms in total. The first kappa shape index (κ1) is 19.3. The number of esters is 1. The molecule has 1 aliphatic rings. The van der Waals surface area contributed by atoms with Crippen LogP contribution in [0.15, 0.2) is 12.4 Å². The van der Waals surface area contributed by atoms with Crippen LogP contribution in [0.2, 0.25) is 0 Å². The van der Waals surface area contributed by atoms with Crippen LogP contribution in [-0.2, 0) is 9.53 Å². The van der Waals surface area contributed by atoms with E-state index in [0.29, 0.717) is 6.61 Å². The highest BCUT2D eigenvalue weighted by atomic mass is 79.9. The standard InChI is InChI=1S/C15H28N2O2.BrH/c1-5-7-8-16-9-10-17(13-16)11-12-19-14(18)15(3,4)6-2;/h9-10H,5-8,11-13H2,1-4H3;1H/p-1. The van der Waals surface area contributed by atoms with Crippen molar-refractivity contribution >= 4 is 5.97 Å². The SMILES string of the molecule is CCCCN1C=CN(CCOC(=O)C(C)(C)CC)C1.[Br-]. The lowest BCUT2D eigenvalue weighted by molar-refractivity contribution is -0.154. The fourth-order valence-corrected chi connectivity index (χ4v) is 1.76. The molecule has 0 aliphatic carbocycles. The Morgan fingerprint density at radius 3 is 2.35 bits per heavy atom. The maximum atomic E-state index is 11.8. The van der Waals surface area contributed by atoms with Crippen LogP contribution in [0.3, 0.4) is 0 Å². The van der Waals surface area contributed by atoms with Crippen LogP contribution in [0.1, 0.15) is 47.0 Å². The summed E-state index contributed by atoms with van der Waals surface area (Å²) in [6, 6.07) is 0. The Labute approximate surface area is 133 Å². The summed E-state index contributed by atoms with van der Waals surface area (Å²) in [7, 11) is 0. The number of carbonyl (C=O) groups is 1. The molecule has 118 valence electrons. The zero-order valence-corrected chi connectivity index (χ0v) is 14.8. The summed E-state index contributed by atoms with van der Waals surface area (Å²) < 4.78 is 5.34. The quantitative estimate of drug-likeness (QED) is 0.570. The maximum absolute atomic E-state index is 11.8. The number of carbonyl (C=O) groups excluding carboxylic acids is 1. The molecule has 0 unspecified atom stereocenters. The molecular formula is C15H28BrN2O2-. The zero-order valence-electron chi connectivity index (χ0n) is 13.2. The van der Waals surface area contributed by atoms with Crippen LogP contribution < -0.4 is 17.0 Å². The van der Waals surface area contributed by atoms with Crippen molar-refractivity contribution in [2.45, 2.75) is 47.0 Å². The van der Waals surface area contributed by atoms with Crippen molar-refractivity contribution in [1.82, 2.24) is 9.80 Å². The summed E-state index contributed by atoms with van der Waals surface area (Å²) >= 11 is 0. The zero-order chi connectivity index (χ0) is 14.3. The average molecular weight is 348 g/mol. The molecule has 1 rings (SSSR count). The summed E-state index contributed by atoms with van der Waals surface area (Å²) in [6.07, 6.45) is 7.44. The molecule has 0 bridgehead atoms. The number of rotatable bonds is 8. The second kappa shape index (κ2) is 9.27. The third-order valence-corrected chi connectivity index (χ3v) is 3.70. The second-order valence-corrected chi connectivity index (χ2v) is 5.79. The van der Waals surface area contributed by atoms with E-state index in [0.717, 1.165) is 26.2 Å². The largest absolute Gasteiger partial charge is 1.00 e. The Kier molecular flexibility index (Phi) is 8.94. The van der Waals surface area contributed by atoms with Crippen molar-refractivity contribution in [1.29, 1.82) is 0 Å². The Hall–Kier alpha value is -0.710. The summed E-state index contributed by atoms with van der Waals surface area (Å²) in [5, 5.41) is 0. The Morgan fingerprint density at radius 2 is 1.80 bits per heavy atom. The van der Waals surface area contributed by atoms with Gasteiger partial charge in [-0.3, -0.25) is 4.79 Å². The van der Waals surface area contributed by atoms with Crippen molar-refractivity contribution in [3.05, 3.63) is 12.4 Å². The van der Waals surface area contributed by atoms with Gasteiger partial charge in [-0.1, -0.05) is 20.3 Å². The first-order valence-corrected chi connectivity index (χ1v) is 7.33. The highest BCUT2D eigenvalue weighted by molar-refractivity contribution is 5.75. The lowest BCUT2D eigenvalue weighted by atomic mass is 9.91. The van der Waals surface area contributed by atoms with E-state index in [1.54, 1.807) is 0 Å². The van der Waals surface area contributed by atoms with Crippen LogP contribution >= 0.6 is 0 Å². The lowest BCUT2D eigenvalue weighted by Crippen LogP contribution is -3.00. The second-order valence-electron chi connectivity index (χ2n) is 5.79. The van der Waals surface area contributed by atoms with Crippen LogP contribution in [0.5, 0.6) is 0 Å². The van der Waals surface area contributed by atoms with Gasteiger partial charge in [0.2, 0.25) is 0 Å². The van der Waals surface area contributed by atoms with Crippen molar-refractivity contribution in [2.75, 3.05) is 26.4 Å². The Bertz CT molecular complexity index is 319. The molecule has 1 aliphatic heterocycles. The molecular weight excluding hydrogens is 320 g/mol. The van der Waals surface area contributed by atoms with Gasteiger partial charge in [-0.25, -0.2) is 0 Å². The fraction of sp³-hybridized carbons (Fsp3) is 0.800. The number of nitrogens with zero attached hydrogens (tertiary/aromatic N) is 2. The summed E-state index contributed by atoms with van der Waals surface area (Å²) in [5.41, 5.74) is -0.367. The molecule has 0 fully saturated rings. The van der Waals surface area contributed by atoms with Crippen LogP contribution in [0.25, 0.3) is 0 Å². The predicted octanol–water partition coefficient (Wildman–Crippen LogP) is -0.184. The van der Waals surface area contributed by atoms with Gasteiger partial charge in [0.1, 0.15) is 6.61 Å². The molecule has 0 saturated heterocycles. The molecule has 5 heteroatoms. The topological polar surface area (TPSA) is 32.8 Å². The summed E-state index contributed by atoms with van der Waals surface area (Å²) in [5.74, 6) is -0.0963. The number of halogens is 1. The number of unbranched alkanes of at least 4 members (excludes halogenated alkanes) is 1. The van der Waals surface area contributed by atoms with Gasteiger partial charge in [-0.05, 0) is 26.7 Å². The van der Waals surface area contributed by atoms with Gasteiger partial charge in [0.25, 0.3) is 0 Å². The van der Waals surface area contributed by atoms with E-state index in [1.807, 2.05) is 20.8 Å². The lowest BCUT2D eigenvalue weighted by Gasteiger charge is -2.23. The van der Waals surface area contributed by atoms with Crippen LogP contribution in [0, 0.1) is 5.41 Å². The molecule has 0 saturated carbocycles. The normalized spacial score (nSPS) is 14.4. The van der Waals surface area contributed by atoms with E-state index < -0.39 is 0 Å². The molecule has 0 aromatic rings. The molecule has 0 amide bonds. The first-order chi connectivity index (χ1) is 8.99. The van der Waals surface area contributed by atoms with Crippen molar-refractivity contribution in [3.8, 4) is 0 Å². The van der Waals surface area contributed by atoms with Crippen molar-refractivity contribution in [3.63, 3.8) is 0 Å². The van der Waals surface area contributed by atoms with E-state index >= 15 is 0 Å². The molecule has 0 radical (unpaired) electrons. The van der Waals surface area contributed by atoms with Gasteiger partial charge in [0, 0.05) is 18.9 Å². The van der Waals surface area contributed by atoms with Crippen molar-refractivity contribution < 1.29 is 26.5 Å². The van der Waals surface area contributed by atoms with E-state index in [9.17, 15) is 4.79 Å². The monoisotopic (exact) mass is 347 g/mol. The minimum Gasteiger partial charge on any atom is -1.00 e. The smallest absolute Gasteiger partial charge is 0.311 e. The van der Waals surface area contributed by atoms with Gasteiger partial charge >= 0.3 is 5.97 Å². The van der Waals surface area contributed by atoms with Crippen LogP contribution in [-0.4, -0.2) is 42.1 Å². The number of hydrogen-bond acceptors (Lipinski definition) is 4. The average Bonchev–Trinajstić information content (AvgIpc) is 2.84.